The predicted molar refractivity (Wildman–Crippen MR) is 133 cm³/mol. The number of carbonyl (C=O) groups is 1. The highest BCUT2D eigenvalue weighted by Gasteiger charge is 2.36. The molecule has 0 atom stereocenters. The van der Waals surface area contributed by atoms with Gasteiger partial charge in [0.1, 0.15) is 23.6 Å². The first-order valence-corrected chi connectivity index (χ1v) is 13.1. The van der Waals surface area contributed by atoms with Gasteiger partial charge in [0, 0.05) is 42.3 Å². The maximum Gasteiger partial charge on any atom is 0.252 e. The van der Waals surface area contributed by atoms with E-state index in [0.29, 0.717) is 50.5 Å². The van der Waals surface area contributed by atoms with Crippen molar-refractivity contribution in [3.8, 4) is 33.8 Å². The molecule has 1 saturated heterocycles. The number of amides is 1. The van der Waals surface area contributed by atoms with E-state index in [4.69, 9.17) is 4.42 Å². The zero-order valence-corrected chi connectivity index (χ0v) is 20.2. The molecule has 10 nitrogen and oxygen atoms in total. The third-order valence-electron chi connectivity index (χ3n) is 6.21. The lowest BCUT2D eigenvalue weighted by Gasteiger charge is -2.25. The Labute approximate surface area is 210 Å². The summed E-state index contributed by atoms with van der Waals surface area (Å²) in [6, 6.07) is 9.02. The molecule has 1 N–H and O–H groups in total. The van der Waals surface area contributed by atoms with Gasteiger partial charge in [-0.25, -0.2) is 22.8 Å². The van der Waals surface area contributed by atoms with E-state index in [1.165, 1.54) is 31.7 Å². The van der Waals surface area contributed by atoms with Crippen molar-refractivity contribution >= 4 is 26.8 Å². The van der Waals surface area contributed by atoms with Crippen LogP contribution in [-0.4, -0.2) is 57.6 Å². The molecule has 186 valence electrons. The number of carbonyl (C=O) groups excluding carboxylic acids is 1. The summed E-state index contributed by atoms with van der Waals surface area (Å²) in [7, 11) is -1.54. The third kappa shape index (κ3) is 4.14. The molecular weight excluding hydrogens is 499 g/mol. The lowest BCUT2D eigenvalue weighted by atomic mass is 10.0. The molecule has 0 aliphatic carbocycles. The van der Waals surface area contributed by atoms with E-state index in [9.17, 15) is 17.6 Å². The van der Waals surface area contributed by atoms with Crippen LogP contribution in [0.2, 0.25) is 0 Å². The molecule has 0 unspecified atom stereocenters. The van der Waals surface area contributed by atoms with Crippen LogP contribution in [0.5, 0.6) is 0 Å². The number of benzene rings is 1. The van der Waals surface area contributed by atoms with Gasteiger partial charge in [-0.2, -0.15) is 5.10 Å². The molecule has 4 aromatic heterocycles. The summed E-state index contributed by atoms with van der Waals surface area (Å²) in [6.45, 7) is 0. The Hall–Kier alpha value is -4.45. The number of nitrogens with one attached hydrogen (secondary N) is 1. The molecule has 0 radical (unpaired) electrons. The number of furan rings is 1. The normalized spacial score (nSPS) is 15.0. The minimum Gasteiger partial charge on any atom is -0.438 e. The second-order valence-electron chi connectivity index (χ2n) is 8.70. The summed E-state index contributed by atoms with van der Waals surface area (Å²) in [5, 5.41) is 7.83. The highest BCUT2D eigenvalue weighted by molar-refractivity contribution is 7.92. The number of sulfone groups is 1. The van der Waals surface area contributed by atoms with E-state index in [2.05, 4.69) is 25.4 Å². The molecule has 5 aromatic rings. The Morgan fingerprint density at radius 3 is 2.59 bits per heavy atom. The second kappa shape index (κ2) is 8.59. The fraction of sp³-hybridized carbons (Fsp3) is 0.160. The van der Waals surface area contributed by atoms with Gasteiger partial charge in [-0.15, -0.1) is 0 Å². The van der Waals surface area contributed by atoms with Gasteiger partial charge in [0.25, 0.3) is 5.91 Å². The van der Waals surface area contributed by atoms with Crippen molar-refractivity contribution < 1.29 is 22.0 Å². The fourth-order valence-corrected chi connectivity index (χ4v) is 5.70. The number of aromatic nitrogens is 5. The van der Waals surface area contributed by atoms with Crippen LogP contribution >= 0.6 is 0 Å². The van der Waals surface area contributed by atoms with Gasteiger partial charge in [0.05, 0.1) is 34.2 Å². The molecule has 0 spiro atoms. The average Bonchev–Trinajstić information content (AvgIpc) is 3.52. The summed E-state index contributed by atoms with van der Waals surface area (Å²) in [6.07, 6.45) is 6.15. The molecule has 1 fully saturated rings. The number of halogens is 1. The van der Waals surface area contributed by atoms with Crippen molar-refractivity contribution in [3.63, 3.8) is 0 Å². The first kappa shape index (κ1) is 23.0. The fourth-order valence-electron chi connectivity index (χ4n) is 4.32. The zero-order chi connectivity index (χ0) is 25.7. The number of rotatable bonds is 5. The van der Waals surface area contributed by atoms with Gasteiger partial charge >= 0.3 is 0 Å². The predicted octanol–water partition coefficient (Wildman–Crippen LogP) is 3.28. The third-order valence-corrected chi connectivity index (χ3v) is 8.00. The minimum atomic E-state index is -3.08. The van der Waals surface area contributed by atoms with E-state index < -0.39 is 9.84 Å². The number of nitrogens with zero attached hydrogens (tertiary/aromatic N) is 5. The lowest BCUT2D eigenvalue weighted by Crippen LogP contribution is -2.38. The van der Waals surface area contributed by atoms with Crippen molar-refractivity contribution in [2.75, 3.05) is 18.6 Å². The highest BCUT2D eigenvalue weighted by Crippen LogP contribution is 2.38. The second-order valence-corrected chi connectivity index (χ2v) is 10.9. The Bertz CT molecular complexity index is 1770. The summed E-state index contributed by atoms with van der Waals surface area (Å²) in [5.74, 6) is -0.219. The molecule has 0 saturated carbocycles. The molecule has 1 aliphatic rings. The van der Waals surface area contributed by atoms with Crippen LogP contribution in [0.25, 0.3) is 44.9 Å². The molecule has 1 aromatic carbocycles. The lowest BCUT2D eigenvalue weighted by molar-refractivity contribution is 0.0962. The van der Waals surface area contributed by atoms with E-state index >= 15 is 0 Å². The molecule has 6 rings (SSSR count). The van der Waals surface area contributed by atoms with Crippen LogP contribution in [0.1, 0.15) is 16.4 Å². The summed E-state index contributed by atoms with van der Waals surface area (Å²) < 4.78 is 44.8. The van der Waals surface area contributed by atoms with Crippen LogP contribution in [0.4, 0.5) is 4.39 Å². The van der Waals surface area contributed by atoms with E-state index in [1.54, 1.807) is 41.3 Å². The van der Waals surface area contributed by atoms with Crippen LogP contribution in [0.15, 0.2) is 65.7 Å². The molecule has 12 heteroatoms. The number of hydrogen-bond donors (Lipinski definition) is 1. The van der Waals surface area contributed by atoms with Crippen molar-refractivity contribution in [2.24, 2.45) is 0 Å². The van der Waals surface area contributed by atoms with Gasteiger partial charge in [-0.3, -0.25) is 14.5 Å². The molecule has 5 heterocycles. The summed E-state index contributed by atoms with van der Waals surface area (Å²) in [5.41, 5.74) is 3.58. The number of fused-ring (bicyclic) bond motifs is 1. The standard InChI is InChI=1S/C25H19FN6O4S/c1-27-24(33)16-6-15(8-28-9-16)21-7-19-23(29-13-30-25(19)36-21)20-10-32(18-11-37(34,35)12-18)31-22(20)14-2-4-17(26)5-3-14/h2-10,13,18H,11-12H2,1H3,(H,27,33). The van der Waals surface area contributed by atoms with Gasteiger partial charge in [0.2, 0.25) is 5.71 Å². The summed E-state index contributed by atoms with van der Waals surface area (Å²) >= 11 is 0. The van der Waals surface area contributed by atoms with Crippen LogP contribution < -0.4 is 5.32 Å². The smallest absolute Gasteiger partial charge is 0.252 e. The molecule has 0 bridgehead atoms. The largest absolute Gasteiger partial charge is 0.438 e. The molecule has 37 heavy (non-hydrogen) atoms. The van der Waals surface area contributed by atoms with Gasteiger partial charge in [0.15, 0.2) is 9.84 Å². The SMILES string of the molecule is CNC(=O)c1cncc(-c2cc3c(-c4cn(C5CS(=O)(=O)C5)nc4-c4ccc(F)cc4)ncnc3o2)c1. The Morgan fingerprint density at radius 2 is 1.86 bits per heavy atom. The first-order valence-electron chi connectivity index (χ1n) is 11.3. The van der Waals surface area contributed by atoms with Crippen molar-refractivity contribution in [1.29, 1.82) is 0 Å². The Balaban J connectivity index is 1.49. The highest BCUT2D eigenvalue weighted by atomic mass is 32.2. The quantitative estimate of drug-likeness (QED) is 0.375. The van der Waals surface area contributed by atoms with Crippen LogP contribution in [-0.2, 0) is 9.84 Å². The Morgan fingerprint density at radius 1 is 1.08 bits per heavy atom. The topological polar surface area (TPSA) is 133 Å². The number of pyridine rings is 1. The average molecular weight is 519 g/mol. The zero-order valence-electron chi connectivity index (χ0n) is 19.4. The van der Waals surface area contributed by atoms with E-state index in [-0.39, 0.29) is 29.3 Å². The maximum atomic E-state index is 13.6. The van der Waals surface area contributed by atoms with E-state index in [1.807, 2.05) is 0 Å². The maximum absolute atomic E-state index is 13.6. The monoisotopic (exact) mass is 518 g/mol. The van der Waals surface area contributed by atoms with E-state index in [0.717, 1.165) is 0 Å². The van der Waals surface area contributed by atoms with Gasteiger partial charge in [-0.1, -0.05) is 0 Å². The van der Waals surface area contributed by atoms with Crippen LogP contribution in [0, 0.1) is 5.82 Å². The first-order chi connectivity index (χ1) is 17.8. The van der Waals surface area contributed by atoms with Crippen molar-refractivity contribution in [3.05, 3.63) is 72.7 Å². The summed E-state index contributed by atoms with van der Waals surface area (Å²) in [4.78, 5) is 24.9. The van der Waals surface area contributed by atoms with Gasteiger partial charge in [-0.05, 0) is 36.4 Å². The van der Waals surface area contributed by atoms with Crippen molar-refractivity contribution in [1.82, 2.24) is 30.0 Å². The molecule has 1 amide bonds. The van der Waals surface area contributed by atoms with Crippen molar-refractivity contribution in [2.45, 2.75) is 6.04 Å². The molecular formula is C25H19FN6O4S. The minimum absolute atomic E-state index is 0.000693. The number of hydrogen-bond acceptors (Lipinski definition) is 8. The van der Waals surface area contributed by atoms with Crippen LogP contribution in [0.3, 0.4) is 0 Å². The Kier molecular flexibility index (Phi) is 5.33. The van der Waals surface area contributed by atoms with Gasteiger partial charge < -0.3 is 9.73 Å². The molecule has 1 aliphatic heterocycles.